The van der Waals surface area contributed by atoms with Crippen molar-refractivity contribution in [3.63, 3.8) is 0 Å². The van der Waals surface area contributed by atoms with Gasteiger partial charge in [0.15, 0.2) is 11.6 Å². The van der Waals surface area contributed by atoms with E-state index in [-0.39, 0.29) is 5.92 Å². The van der Waals surface area contributed by atoms with Crippen LogP contribution in [-0.4, -0.2) is 58.4 Å². The van der Waals surface area contributed by atoms with Crippen molar-refractivity contribution in [3.8, 4) is 17.0 Å². The van der Waals surface area contributed by atoms with Crippen LogP contribution in [0.4, 0.5) is 0 Å². The number of aromatic nitrogens is 3. The molecule has 1 aliphatic rings. The van der Waals surface area contributed by atoms with Crippen LogP contribution in [0.1, 0.15) is 37.2 Å². The average Bonchev–Trinajstić information content (AvgIpc) is 3.39. The highest BCUT2D eigenvalue weighted by molar-refractivity contribution is 5.59. The molecule has 0 spiro atoms. The smallest absolute Gasteiger partial charge is 0.240 e. The Morgan fingerprint density at radius 1 is 0.966 bits per heavy atom. The fourth-order valence-corrected chi connectivity index (χ4v) is 3.37. The molecular weight excluding hydrogens is 370 g/mol. The van der Waals surface area contributed by atoms with Gasteiger partial charge in [0.1, 0.15) is 11.4 Å². The maximum Gasteiger partial charge on any atom is 0.240 e. The molecule has 0 atom stereocenters. The van der Waals surface area contributed by atoms with Gasteiger partial charge in [-0.3, -0.25) is 9.80 Å². The Labute approximate surface area is 170 Å². The molecule has 0 N–H and O–H groups in total. The van der Waals surface area contributed by atoms with Gasteiger partial charge in [0, 0.05) is 43.7 Å². The number of hydrogen-bond donors (Lipinski definition) is 0. The molecule has 0 saturated carbocycles. The van der Waals surface area contributed by atoms with Gasteiger partial charge < -0.3 is 13.8 Å². The summed E-state index contributed by atoms with van der Waals surface area (Å²) in [5.74, 6) is 3.46. The van der Waals surface area contributed by atoms with E-state index in [2.05, 4.69) is 38.9 Å². The molecule has 1 fully saturated rings. The Morgan fingerprint density at radius 2 is 1.66 bits per heavy atom. The molecule has 1 aliphatic heterocycles. The van der Waals surface area contributed by atoms with E-state index in [0.29, 0.717) is 12.4 Å². The van der Waals surface area contributed by atoms with E-state index >= 15 is 0 Å². The third-order valence-corrected chi connectivity index (χ3v) is 5.15. The first-order valence-corrected chi connectivity index (χ1v) is 9.98. The van der Waals surface area contributed by atoms with Crippen molar-refractivity contribution in [2.45, 2.75) is 32.9 Å². The van der Waals surface area contributed by atoms with Crippen LogP contribution in [0, 0.1) is 0 Å². The van der Waals surface area contributed by atoms with E-state index in [1.165, 1.54) is 0 Å². The topological polar surface area (TPSA) is 80.7 Å². The van der Waals surface area contributed by atoms with Crippen LogP contribution in [0.25, 0.3) is 11.3 Å². The van der Waals surface area contributed by atoms with Crippen LogP contribution in [-0.2, 0) is 13.1 Å². The van der Waals surface area contributed by atoms with Gasteiger partial charge in [0.05, 0.1) is 20.2 Å². The molecular formula is C21H27N5O3. The molecule has 8 heteroatoms. The molecule has 0 unspecified atom stereocenters. The molecule has 0 amide bonds. The third-order valence-electron chi connectivity index (χ3n) is 5.15. The maximum atomic E-state index is 5.56. The summed E-state index contributed by atoms with van der Waals surface area (Å²) in [5.41, 5.74) is 1.87. The van der Waals surface area contributed by atoms with E-state index < -0.39 is 0 Å². The quantitative estimate of drug-likeness (QED) is 0.601. The molecule has 3 heterocycles. The first-order chi connectivity index (χ1) is 14.1. The van der Waals surface area contributed by atoms with Gasteiger partial charge in [-0.25, -0.2) is 0 Å². The fourth-order valence-electron chi connectivity index (χ4n) is 3.37. The van der Waals surface area contributed by atoms with E-state index in [0.717, 1.165) is 61.3 Å². The number of hydrogen-bond acceptors (Lipinski definition) is 8. The number of ether oxygens (including phenoxy) is 1. The van der Waals surface area contributed by atoms with Crippen molar-refractivity contribution in [3.05, 3.63) is 47.8 Å². The average molecular weight is 397 g/mol. The van der Waals surface area contributed by atoms with Crippen LogP contribution >= 0.6 is 0 Å². The van der Waals surface area contributed by atoms with Crippen molar-refractivity contribution in [1.29, 1.82) is 0 Å². The summed E-state index contributed by atoms with van der Waals surface area (Å²) in [7, 11) is 1.66. The summed E-state index contributed by atoms with van der Waals surface area (Å²) < 4.78 is 16.1. The lowest BCUT2D eigenvalue weighted by atomic mass is 10.1. The van der Waals surface area contributed by atoms with Crippen LogP contribution in [0.3, 0.4) is 0 Å². The minimum atomic E-state index is 0.286. The lowest BCUT2D eigenvalue weighted by molar-refractivity contribution is 0.105. The molecule has 3 aromatic rings. The van der Waals surface area contributed by atoms with Crippen molar-refractivity contribution in [1.82, 2.24) is 25.1 Å². The highest BCUT2D eigenvalue weighted by Crippen LogP contribution is 2.23. The minimum Gasteiger partial charge on any atom is -0.497 e. The normalized spacial score (nSPS) is 15.9. The molecule has 0 aliphatic carbocycles. The monoisotopic (exact) mass is 397 g/mol. The second kappa shape index (κ2) is 8.75. The zero-order chi connectivity index (χ0) is 20.2. The molecule has 0 bridgehead atoms. The van der Waals surface area contributed by atoms with Crippen molar-refractivity contribution < 1.29 is 13.8 Å². The first kappa shape index (κ1) is 19.6. The maximum absolute atomic E-state index is 5.56. The molecule has 1 saturated heterocycles. The summed E-state index contributed by atoms with van der Waals surface area (Å²) >= 11 is 0. The Bertz CT molecular complexity index is 911. The van der Waals surface area contributed by atoms with E-state index in [1.54, 1.807) is 7.11 Å². The standard InChI is InChI=1S/C21H27N5O3/c1-15(2)21-22-20(29-24-21)14-26-10-8-25(9-11-26)13-18-12-19(23-28-18)16-4-6-17(27-3)7-5-16/h4-7,12,15H,8-11,13-14H2,1-3H3. The molecule has 29 heavy (non-hydrogen) atoms. The fraction of sp³-hybridized carbons (Fsp3) is 0.476. The van der Waals surface area contributed by atoms with E-state index in [1.807, 2.05) is 30.3 Å². The summed E-state index contributed by atoms with van der Waals surface area (Å²) in [6.45, 7) is 9.44. The lowest BCUT2D eigenvalue weighted by Gasteiger charge is -2.33. The van der Waals surface area contributed by atoms with Gasteiger partial charge in [-0.15, -0.1) is 0 Å². The van der Waals surface area contributed by atoms with Gasteiger partial charge in [0.25, 0.3) is 0 Å². The Balaban J connectivity index is 1.27. The van der Waals surface area contributed by atoms with Crippen molar-refractivity contribution >= 4 is 0 Å². The zero-order valence-electron chi connectivity index (χ0n) is 17.2. The first-order valence-electron chi connectivity index (χ1n) is 9.98. The van der Waals surface area contributed by atoms with Crippen LogP contribution in [0.5, 0.6) is 5.75 Å². The van der Waals surface area contributed by atoms with Crippen LogP contribution in [0.2, 0.25) is 0 Å². The molecule has 154 valence electrons. The largest absolute Gasteiger partial charge is 0.497 e. The van der Waals surface area contributed by atoms with Gasteiger partial charge in [-0.2, -0.15) is 4.98 Å². The van der Waals surface area contributed by atoms with E-state index in [4.69, 9.17) is 13.8 Å². The lowest BCUT2D eigenvalue weighted by Crippen LogP contribution is -2.45. The Kier molecular flexibility index (Phi) is 5.92. The number of benzene rings is 1. The Morgan fingerprint density at radius 3 is 2.28 bits per heavy atom. The SMILES string of the molecule is COc1ccc(-c2cc(CN3CCN(Cc4nc(C(C)C)no4)CC3)on2)cc1. The summed E-state index contributed by atoms with van der Waals surface area (Å²) in [6, 6.07) is 9.84. The van der Waals surface area contributed by atoms with Crippen molar-refractivity contribution in [2.24, 2.45) is 0 Å². The second-order valence-corrected chi connectivity index (χ2v) is 7.66. The summed E-state index contributed by atoms with van der Waals surface area (Å²) in [4.78, 5) is 9.19. The number of rotatable bonds is 7. The van der Waals surface area contributed by atoms with Gasteiger partial charge in [0.2, 0.25) is 5.89 Å². The van der Waals surface area contributed by atoms with Crippen LogP contribution in [0.15, 0.2) is 39.4 Å². The molecule has 4 rings (SSSR count). The molecule has 8 nitrogen and oxygen atoms in total. The van der Waals surface area contributed by atoms with E-state index in [9.17, 15) is 0 Å². The number of piperazine rings is 1. The third kappa shape index (κ3) is 4.83. The van der Waals surface area contributed by atoms with Crippen LogP contribution < -0.4 is 4.74 Å². The molecule has 1 aromatic carbocycles. The number of nitrogens with zero attached hydrogens (tertiary/aromatic N) is 5. The summed E-state index contributed by atoms with van der Waals surface area (Å²) in [5, 5.41) is 8.25. The highest BCUT2D eigenvalue weighted by Gasteiger charge is 2.21. The van der Waals surface area contributed by atoms with Gasteiger partial charge in [-0.1, -0.05) is 24.2 Å². The van der Waals surface area contributed by atoms with Gasteiger partial charge in [-0.05, 0) is 24.3 Å². The molecule has 0 radical (unpaired) electrons. The zero-order valence-corrected chi connectivity index (χ0v) is 17.2. The highest BCUT2D eigenvalue weighted by atomic mass is 16.5. The minimum absolute atomic E-state index is 0.286. The second-order valence-electron chi connectivity index (χ2n) is 7.66. The summed E-state index contributed by atoms with van der Waals surface area (Å²) in [6.07, 6.45) is 0. The predicted octanol–water partition coefficient (Wildman–Crippen LogP) is 3.17. The van der Waals surface area contributed by atoms with Crippen molar-refractivity contribution in [2.75, 3.05) is 33.3 Å². The predicted molar refractivity (Wildman–Crippen MR) is 107 cm³/mol. The molecule has 2 aromatic heterocycles. The Hall–Kier alpha value is -2.71. The number of methoxy groups -OCH3 is 1. The van der Waals surface area contributed by atoms with Gasteiger partial charge >= 0.3 is 0 Å².